The fraction of sp³-hybridized carbons (Fsp3) is 0.333. The second-order valence-corrected chi connectivity index (χ2v) is 6.58. The molecule has 18 heavy (non-hydrogen) atoms. The number of sulfonamides is 1. The molecule has 2 N–H and O–H groups in total. The second kappa shape index (κ2) is 4.91. The standard InChI is InChI=1S/C12H15ClN2O2S/c1-9-11(14)7-10(13)8-12(9)18(16,17)15-5-3-2-4-6-15/h2-3,7-8H,4-6,14H2,1H3. The molecule has 0 saturated carbocycles. The first-order valence-corrected chi connectivity index (χ1v) is 7.45. The van der Waals surface area contributed by atoms with Gasteiger partial charge < -0.3 is 5.73 Å². The van der Waals surface area contributed by atoms with E-state index in [4.69, 9.17) is 17.3 Å². The van der Waals surface area contributed by atoms with E-state index in [1.807, 2.05) is 12.2 Å². The van der Waals surface area contributed by atoms with Gasteiger partial charge in [0.2, 0.25) is 10.0 Å². The molecule has 1 aliphatic heterocycles. The Kier molecular flexibility index (Phi) is 3.66. The Bertz CT molecular complexity index is 596. The van der Waals surface area contributed by atoms with Crippen LogP contribution >= 0.6 is 11.6 Å². The average Bonchev–Trinajstić information content (AvgIpc) is 2.34. The highest BCUT2D eigenvalue weighted by atomic mass is 35.5. The van der Waals surface area contributed by atoms with E-state index < -0.39 is 10.0 Å². The minimum Gasteiger partial charge on any atom is -0.398 e. The smallest absolute Gasteiger partial charge is 0.243 e. The third-order valence-corrected chi connectivity index (χ3v) is 5.21. The van der Waals surface area contributed by atoms with Crippen molar-refractivity contribution in [3.05, 3.63) is 34.9 Å². The third kappa shape index (κ3) is 2.39. The Hall–Kier alpha value is -1.04. The van der Waals surface area contributed by atoms with Crippen molar-refractivity contribution in [1.82, 2.24) is 4.31 Å². The molecule has 1 aromatic carbocycles. The van der Waals surface area contributed by atoms with Crippen molar-refractivity contribution in [2.75, 3.05) is 18.8 Å². The van der Waals surface area contributed by atoms with Crippen LogP contribution in [0.5, 0.6) is 0 Å². The Morgan fingerprint density at radius 3 is 2.67 bits per heavy atom. The predicted molar refractivity (Wildman–Crippen MR) is 73.1 cm³/mol. The maximum Gasteiger partial charge on any atom is 0.243 e. The summed E-state index contributed by atoms with van der Waals surface area (Å²) in [5, 5.41) is 0.337. The fourth-order valence-electron chi connectivity index (χ4n) is 1.92. The zero-order valence-electron chi connectivity index (χ0n) is 10.1. The quantitative estimate of drug-likeness (QED) is 0.669. The maximum absolute atomic E-state index is 12.5. The van der Waals surface area contributed by atoms with Crippen molar-refractivity contribution < 1.29 is 8.42 Å². The molecule has 1 heterocycles. The van der Waals surface area contributed by atoms with Crippen LogP contribution in [-0.4, -0.2) is 25.8 Å². The van der Waals surface area contributed by atoms with Crippen molar-refractivity contribution in [2.24, 2.45) is 0 Å². The number of nitrogens with zero attached hydrogens (tertiary/aromatic N) is 1. The van der Waals surface area contributed by atoms with Gasteiger partial charge in [-0.3, -0.25) is 0 Å². The molecule has 0 aromatic heterocycles. The van der Waals surface area contributed by atoms with Gasteiger partial charge in [-0.15, -0.1) is 0 Å². The molecule has 98 valence electrons. The summed E-state index contributed by atoms with van der Waals surface area (Å²) in [7, 11) is -3.52. The highest BCUT2D eigenvalue weighted by Crippen LogP contribution is 2.28. The summed E-state index contributed by atoms with van der Waals surface area (Å²) in [6.45, 7) is 2.58. The van der Waals surface area contributed by atoms with Crippen molar-refractivity contribution in [3.63, 3.8) is 0 Å². The molecule has 0 amide bonds. The van der Waals surface area contributed by atoms with Crippen molar-refractivity contribution in [2.45, 2.75) is 18.2 Å². The van der Waals surface area contributed by atoms with E-state index in [2.05, 4.69) is 0 Å². The zero-order chi connectivity index (χ0) is 13.3. The van der Waals surface area contributed by atoms with Crippen LogP contribution < -0.4 is 5.73 Å². The maximum atomic E-state index is 12.5. The molecule has 0 unspecified atom stereocenters. The van der Waals surface area contributed by atoms with E-state index >= 15 is 0 Å². The van der Waals surface area contributed by atoms with Crippen LogP contribution in [0.15, 0.2) is 29.2 Å². The van der Waals surface area contributed by atoms with E-state index in [9.17, 15) is 8.42 Å². The van der Waals surface area contributed by atoms with Crippen molar-refractivity contribution in [3.8, 4) is 0 Å². The number of nitrogens with two attached hydrogens (primary N) is 1. The van der Waals surface area contributed by atoms with Crippen LogP contribution in [-0.2, 0) is 10.0 Å². The number of hydrogen-bond acceptors (Lipinski definition) is 3. The van der Waals surface area contributed by atoms with E-state index in [0.29, 0.717) is 29.4 Å². The fourth-order valence-corrected chi connectivity index (χ4v) is 3.90. The summed E-state index contributed by atoms with van der Waals surface area (Å²) in [6, 6.07) is 3.02. The van der Waals surface area contributed by atoms with Gasteiger partial charge in [0.15, 0.2) is 0 Å². The number of halogens is 1. The topological polar surface area (TPSA) is 63.4 Å². The number of benzene rings is 1. The summed E-state index contributed by atoms with van der Waals surface area (Å²) in [5.41, 5.74) is 6.71. The normalized spacial score (nSPS) is 17.0. The molecule has 1 aromatic rings. The molecule has 6 heteroatoms. The largest absolute Gasteiger partial charge is 0.398 e. The highest BCUT2D eigenvalue weighted by Gasteiger charge is 2.27. The van der Waals surface area contributed by atoms with Gasteiger partial charge in [0.1, 0.15) is 0 Å². The predicted octanol–water partition coefficient (Wildman–Crippen LogP) is 2.18. The molecule has 0 radical (unpaired) electrons. The SMILES string of the molecule is Cc1c(N)cc(Cl)cc1S(=O)(=O)N1CC=CCC1. The summed E-state index contributed by atoms with van der Waals surface area (Å²) < 4.78 is 26.4. The number of nitrogen functional groups attached to an aromatic ring is 1. The van der Waals surface area contributed by atoms with Gasteiger partial charge in [0.05, 0.1) is 4.90 Å². The summed E-state index contributed by atoms with van der Waals surface area (Å²) in [4.78, 5) is 0.197. The molecule has 0 atom stereocenters. The molecule has 0 bridgehead atoms. The molecule has 4 nitrogen and oxygen atoms in total. The van der Waals surface area contributed by atoms with Crippen molar-refractivity contribution in [1.29, 1.82) is 0 Å². The van der Waals surface area contributed by atoms with E-state index in [-0.39, 0.29) is 4.90 Å². The van der Waals surface area contributed by atoms with Crippen LogP contribution in [0.2, 0.25) is 5.02 Å². The molecule has 2 rings (SSSR count). The summed E-state index contributed by atoms with van der Waals surface area (Å²) in [6.07, 6.45) is 4.56. The third-order valence-electron chi connectivity index (χ3n) is 3.00. The molecular formula is C12H15ClN2O2S. The van der Waals surface area contributed by atoms with Gasteiger partial charge in [0, 0.05) is 23.8 Å². The molecule has 0 aliphatic carbocycles. The Morgan fingerprint density at radius 2 is 2.06 bits per heavy atom. The van der Waals surface area contributed by atoms with Crippen LogP contribution in [0.25, 0.3) is 0 Å². The van der Waals surface area contributed by atoms with Crippen LogP contribution in [0, 0.1) is 6.92 Å². The van der Waals surface area contributed by atoms with Crippen LogP contribution in [0.1, 0.15) is 12.0 Å². The Labute approximate surface area is 112 Å². The molecule has 0 spiro atoms. The van der Waals surface area contributed by atoms with Gasteiger partial charge in [-0.2, -0.15) is 4.31 Å². The van der Waals surface area contributed by atoms with Crippen LogP contribution in [0.4, 0.5) is 5.69 Å². The number of hydrogen-bond donors (Lipinski definition) is 1. The average molecular weight is 287 g/mol. The lowest BCUT2D eigenvalue weighted by molar-refractivity contribution is 0.437. The first-order chi connectivity index (χ1) is 8.43. The first-order valence-electron chi connectivity index (χ1n) is 5.63. The molecule has 1 aliphatic rings. The minimum absolute atomic E-state index is 0.197. The minimum atomic E-state index is -3.52. The van der Waals surface area contributed by atoms with Gasteiger partial charge in [0.25, 0.3) is 0 Å². The molecular weight excluding hydrogens is 272 g/mol. The monoisotopic (exact) mass is 286 g/mol. The Balaban J connectivity index is 2.50. The molecule has 0 saturated heterocycles. The zero-order valence-corrected chi connectivity index (χ0v) is 11.6. The Morgan fingerprint density at radius 1 is 1.33 bits per heavy atom. The van der Waals surface area contributed by atoms with Gasteiger partial charge >= 0.3 is 0 Å². The molecule has 0 fully saturated rings. The number of anilines is 1. The number of rotatable bonds is 2. The van der Waals surface area contributed by atoms with Gasteiger partial charge in [-0.05, 0) is 31.0 Å². The summed E-state index contributed by atoms with van der Waals surface area (Å²) >= 11 is 5.89. The lowest BCUT2D eigenvalue weighted by Crippen LogP contribution is -2.34. The lowest BCUT2D eigenvalue weighted by Gasteiger charge is -2.24. The van der Waals surface area contributed by atoms with Gasteiger partial charge in [-0.25, -0.2) is 8.42 Å². The second-order valence-electron chi connectivity index (χ2n) is 4.24. The van der Waals surface area contributed by atoms with Gasteiger partial charge in [-0.1, -0.05) is 23.8 Å². The lowest BCUT2D eigenvalue weighted by atomic mass is 10.2. The summed E-state index contributed by atoms with van der Waals surface area (Å²) in [5.74, 6) is 0. The van der Waals surface area contributed by atoms with E-state index in [1.54, 1.807) is 13.0 Å². The first kappa shape index (κ1) is 13.4. The van der Waals surface area contributed by atoms with E-state index in [0.717, 1.165) is 6.42 Å². The van der Waals surface area contributed by atoms with Crippen LogP contribution in [0.3, 0.4) is 0 Å². The van der Waals surface area contributed by atoms with E-state index in [1.165, 1.54) is 10.4 Å². The van der Waals surface area contributed by atoms with Crippen molar-refractivity contribution >= 4 is 27.3 Å². The highest BCUT2D eigenvalue weighted by molar-refractivity contribution is 7.89.